The average Bonchev–Trinajstić information content (AvgIpc) is 2.27. The molecule has 1 aromatic heterocycles. The Balaban J connectivity index is 2.05. The molecule has 0 unspecified atom stereocenters. The lowest BCUT2D eigenvalue weighted by Crippen LogP contribution is -2.01. The van der Waals surface area contributed by atoms with Crippen molar-refractivity contribution in [2.24, 2.45) is 0 Å². The maximum atomic E-state index is 4.44. The fraction of sp³-hybridized carbons (Fsp3) is 0.286. The molecule has 2 rings (SSSR count). The van der Waals surface area contributed by atoms with Gasteiger partial charge in [-0.3, -0.25) is 0 Å². The first-order chi connectivity index (χ1) is 7.74. The van der Waals surface area contributed by atoms with Crippen molar-refractivity contribution in [2.45, 2.75) is 26.7 Å². The van der Waals surface area contributed by atoms with Gasteiger partial charge >= 0.3 is 0 Å². The van der Waals surface area contributed by atoms with Crippen LogP contribution in [0.25, 0.3) is 0 Å². The molecule has 0 radical (unpaired) electrons. The quantitative estimate of drug-likeness (QED) is 0.781. The van der Waals surface area contributed by atoms with Gasteiger partial charge in [-0.2, -0.15) is 0 Å². The molecular weight excluding hydrogens is 196 g/mol. The van der Waals surface area contributed by atoms with Crippen LogP contribution in [0.4, 0.5) is 0 Å². The highest BCUT2D eigenvalue weighted by Crippen LogP contribution is 2.05. The third kappa shape index (κ3) is 2.89. The van der Waals surface area contributed by atoms with Gasteiger partial charge in [0.2, 0.25) is 0 Å². The second-order valence-corrected chi connectivity index (χ2v) is 4.05. The monoisotopic (exact) mass is 212 g/mol. The van der Waals surface area contributed by atoms with E-state index in [2.05, 4.69) is 34.2 Å². The highest BCUT2D eigenvalue weighted by Gasteiger charge is 2.00. The predicted octanol–water partition coefficient (Wildman–Crippen LogP) is 2.88. The van der Waals surface area contributed by atoms with Gasteiger partial charge < -0.3 is 0 Å². The molecule has 2 aromatic rings. The van der Waals surface area contributed by atoms with E-state index in [9.17, 15) is 0 Å². The topological polar surface area (TPSA) is 25.8 Å². The molecule has 1 aromatic carbocycles. The van der Waals surface area contributed by atoms with Crippen LogP contribution in [0.3, 0.4) is 0 Å². The Morgan fingerprint density at radius 3 is 2.12 bits per heavy atom. The van der Waals surface area contributed by atoms with Crippen LogP contribution in [-0.4, -0.2) is 9.97 Å². The third-order valence-corrected chi connectivity index (χ3v) is 2.51. The standard InChI is InChI=1S/C14H16N2/c1-11-10-12(2)16-14(15-11)9-8-13-6-4-3-5-7-13/h3-7,10H,8-9H2,1-2H3. The molecule has 2 heteroatoms. The van der Waals surface area contributed by atoms with Gasteiger partial charge in [0, 0.05) is 17.8 Å². The maximum Gasteiger partial charge on any atom is 0.129 e. The summed E-state index contributed by atoms with van der Waals surface area (Å²) >= 11 is 0. The zero-order valence-corrected chi connectivity index (χ0v) is 9.77. The molecule has 0 saturated carbocycles. The summed E-state index contributed by atoms with van der Waals surface area (Å²) in [7, 11) is 0. The highest BCUT2D eigenvalue weighted by atomic mass is 14.9. The van der Waals surface area contributed by atoms with E-state index in [0.29, 0.717) is 0 Å². The summed E-state index contributed by atoms with van der Waals surface area (Å²) in [5.74, 6) is 0.946. The van der Waals surface area contributed by atoms with Crippen LogP contribution in [0.5, 0.6) is 0 Å². The molecule has 2 nitrogen and oxygen atoms in total. The molecule has 0 N–H and O–H groups in total. The van der Waals surface area contributed by atoms with Crippen molar-refractivity contribution >= 4 is 0 Å². The number of aromatic nitrogens is 2. The number of aryl methyl sites for hydroxylation is 4. The normalized spacial score (nSPS) is 10.4. The fourth-order valence-corrected chi connectivity index (χ4v) is 1.81. The van der Waals surface area contributed by atoms with Gasteiger partial charge in [-0.05, 0) is 31.9 Å². The summed E-state index contributed by atoms with van der Waals surface area (Å²) in [6.45, 7) is 4.03. The van der Waals surface area contributed by atoms with Crippen molar-refractivity contribution in [2.75, 3.05) is 0 Å². The molecule has 0 amide bonds. The molecular formula is C14H16N2. The Morgan fingerprint density at radius 2 is 1.50 bits per heavy atom. The van der Waals surface area contributed by atoms with Crippen molar-refractivity contribution in [1.82, 2.24) is 9.97 Å². The predicted molar refractivity (Wildman–Crippen MR) is 65.4 cm³/mol. The van der Waals surface area contributed by atoms with Crippen molar-refractivity contribution in [3.05, 3.63) is 59.2 Å². The summed E-state index contributed by atoms with van der Waals surface area (Å²) in [6.07, 6.45) is 1.91. The molecule has 0 aliphatic rings. The summed E-state index contributed by atoms with van der Waals surface area (Å²) in [5.41, 5.74) is 3.44. The lowest BCUT2D eigenvalue weighted by atomic mass is 10.1. The van der Waals surface area contributed by atoms with Gasteiger partial charge in [0.25, 0.3) is 0 Å². The van der Waals surface area contributed by atoms with Gasteiger partial charge in [-0.25, -0.2) is 9.97 Å². The van der Waals surface area contributed by atoms with Gasteiger partial charge in [0.05, 0.1) is 0 Å². The van der Waals surface area contributed by atoms with Crippen molar-refractivity contribution in [1.29, 1.82) is 0 Å². The number of rotatable bonds is 3. The van der Waals surface area contributed by atoms with Crippen LogP contribution >= 0.6 is 0 Å². The van der Waals surface area contributed by atoms with Crippen LogP contribution in [0.15, 0.2) is 36.4 Å². The number of hydrogen-bond donors (Lipinski definition) is 0. The minimum absolute atomic E-state index is 0.909. The van der Waals surface area contributed by atoms with Gasteiger partial charge in [0.1, 0.15) is 5.82 Å². The Hall–Kier alpha value is -1.70. The Morgan fingerprint density at radius 1 is 0.875 bits per heavy atom. The fourth-order valence-electron chi connectivity index (χ4n) is 1.81. The smallest absolute Gasteiger partial charge is 0.129 e. The van der Waals surface area contributed by atoms with E-state index in [4.69, 9.17) is 0 Å². The molecule has 0 fully saturated rings. The van der Waals surface area contributed by atoms with E-state index in [1.165, 1.54) is 5.56 Å². The van der Waals surface area contributed by atoms with Crippen LogP contribution in [0.2, 0.25) is 0 Å². The van der Waals surface area contributed by atoms with E-state index in [-0.39, 0.29) is 0 Å². The first kappa shape index (κ1) is 10.8. The van der Waals surface area contributed by atoms with Gasteiger partial charge in [-0.15, -0.1) is 0 Å². The van der Waals surface area contributed by atoms with E-state index in [0.717, 1.165) is 30.1 Å². The van der Waals surface area contributed by atoms with Crippen molar-refractivity contribution < 1.29 is 0 Å². The Bertz CT molecular complexity index is 443. The van der Waals surface area contributed by atoms with Crippen molar-refractivity contribution in [3.8, 4) is 0 Å². The summed E-state index contributed by atoms with van der Waals surface area (Å²) in [4.78, 5) is 8.88. The molecule has 0 saturated heterocycles. The maximum absolute atomic E-state index is 4.44. The second-order valence-electron chi connectivity index (χ2n) is 4.05. The molecule has 0 aliphatic heterocycles. The summed E-state index contributed by atoms with van der Waals surface area (Å²) in [6, 6.07) is 12.5. The zero-order valence-electron chi connectivity index (χ0n) is 9.77. The first-order valence-electron chi connectivity index (χ1n) is 5.59. The summed E-state index contributed by atoms with van der Waals surface area (Å²) in [5, 5.41) is 0. The van der Waals surface area contributed by atoms with Crippen molar-refractivity contribution in [3.63, 3.8) is 0 Å². The molecule has 82 valence electrons. The lowest BCUT2D eigenvalue weighted by Gasteiger charge is -2.03. The number of hydrogen-bond acceptors (Lipinski definition) is 2. The molecule has 0 aliphatic carbocycles. The number of nitrogens with zero attached hydrogens (tertiary/aromatic N) is 2. The molecule has 0 atom stereocenters. The largest absolute Gasteiger partial charge is 0.238 e. The van der Waals surface area contributed by atoms with E-state index in [1.807, 2.05) is 26.0 Å². The highest BCUT2D eigenvalue weighted by molar-refractivity contribution is 5.16. The molecule has 0 spiro atoms. The zero-order chi connectivity index (χ0) is 11.4. The lowest BCUT2D eigenvalue weighted by molar-refractivity contribution is 0.834. The number of benzene rings is 1. The average molecular weight is 212 g/mol. The van der Waals surface area contributed by atoms with E-state index in [1.54, 1.807) is 0 Å². The molecule has 1 heterocycles. The van der Waals surface area contributed by atoms with Gasteiger partial charge in [0.15, 0.2) is 0 Å². The SMILES string of the molecule is Cc1cc(C)nc(CCc2ccccc2)n1. The van der Waals surface area contributed by atoms with Gasteiger partial charge in [-0.1, -0.05) is 30.3 Å². The Labute approximate surface area is 96.4 Å². The van der Waals surface area contributed by atoms with E-state index < -0.39 is 0 Å². The first-order valence-corrected chi connectivity index (χ1v) is 5.59. The van der Waals surface area contributed by atoms with Crippen LogP contribution in [-0.2, 0) is 12.8 Å². The minimum Gasteiger partial charge on any atom is -0.238 e. The van der Waals surface area contributed by atoms with Crippen LogP contribution in [0, 0.1) is 13.8 Å². The van der Waals surface area contributed by atoms with Crippen LogP contribution in [0.1, 0.15) is 22.8 Å². The third-order valence-electron chi connectivity index (χ3n) is 2.51. The second kappa shape index (κ2) is 4.88. The Kier molecular flexibility index (Phi) is 3.30. The minimum atomic E-state index is 0.909. The molecule has 16 heavy (non-hydrogen) atoms. The summed E-state index contributed by atoms with van der Waals surface area (Å²) < 4.78 is 0. The van der Waals surface area contributed by atoms with Crippen LogP contribution < -0.4 is 0 Å². The van der Waals surface area contributed by atoms with E-state index >= 15 is 0 Å². The molecule has 0 bridgehead atoms.